The van der Waals surface area contributed by atoms with Gasteiger partial charge in [-0.3, -0.25) is 4.68 Å². The summed E-state index contributed by atoms with van der Waals surface area (Å²) in [5.41, 5.74) is 0. The van der Waals surface area contributed by atoms with Gasteiger partial charge in [-0.2, -0.15) is 10.1 Å². The van der Waals surface area contributed by atoms with E-state index in [0.29, 0.717) is 17.9 Å². The van der Waals surface area contributed by atoms with Crippen LogP contribution in [0, 0.1) is 5.92 Å². The van der Waals surface area contributed by atoms with E-state index < -0.39 is 0 Å². The topological polar surface area (TPSA) is 90.9 Å². The fourth-order valence-electron chi connectivity index (χ4n) is 3.13. The Morgan fingerprint density at radius 1 is 1.28 bits per heavy atom. The highest BCUT2D eigenvalue weighted by molar-refractivity contribution is 4.99. The molecule has 1 saturated heterocycles. The van der Waals surface area contributed by atoms with Gasteiger partial charge in [-0.05, 0) is 32.1 Å². The Balaban J connectivity index is 1.66. The molecule has 0 spiro atoms. The number of aromatic nitrogens is 5. The first-order valence-corrected chi connectivity index (χ1v) is 9.13. The first-order valence-electron chi connectivity index (χ1n) is 9.13. The molecule has 0 aromatic carbocycles. The molecule has 2 aromatic heterocycles. The highest BCUT2D eigenvalue weighted by atomic mass is 16.5. The normalized spacial score (nSPS) is 18.6. The van der Waals surface area contributed by atoms with Crippen molar-refractivity contribution < 1.29 is 9.26 Å². The van der Waals surface area contributed by atoms with E-state index in [0.717, 1.165) is 44.8 Å². The SMILES string of the molecule is CC(C)c1noc([C@H](N[C@H](C)CCn2cncn2)C2CCOCC2)n1. The molecule has 0 radical (unpaired) electrons. The minimum Gasteiger partial charge on any atom is -0.381 e. The number of ether oxygens (including phenoxy) is 1. The number of hydrogen-bond acceptors (Lipinski definition) is 7. The average Bonchev–Trinajstić information content (AvgIpc) is 3.30. The third kappa shape index (κ3) is 4.85. The van der Waals surface area contributed by atoms with Crippen LogP contribution in [0.15, 0.2) is 17.2 Å². The molecule has 1 aliphatic heterocycles. The summed E-state index contributed by atoms with van der Waals surface area (Å²) in [6, 6.07) is 0.362. The zero-order valence-electron chi connectivity index (χ0n) is 15.3. The summed E-state index contributed by atoms with van der Waals surface area (Å²) in [6.45, 7) is 8.75. The minimum absolute atomic E-state index is 0.0645. The van der Waals surface area contributed by atoms with Crippen LogP contribution in [0.3, 0.4) is 0 Å². The van der Waals surface area contributed by atoms with Crippen molar-refractivity contribution in [2.45, 2.75) is 64.6 Å². The van der Waals surface area contributed by atoms with Gasteiger partial charge in [-0.1, -0.05) is 19.0 Å². The molecule has 25 heavy (non-hydrogen) atoms. The fraction of sp³-hybridized carbons (Fsp3) is 0.765. The molecule has 0 saturated carbocycles. The van der Waals surface area contributed by atoms with E-state index in [-0.39, 0.29) is 12.0 Å². The monoisotopic (exact) mass is 348 g/mol. The van der Waals surface area contributed by atoms with Gasteiger partial charge in [0.2, 0.25) is 5.89 Å². The highest BCUT2D eigenvalue weighted by Gasteiger charge is 2.31. The van der Waals surface area contributed by atoms with Crippen LogP contribution in [0.2, 0.25) is 0 Å². The molecule has 0 bridgehead atoms. The lowest BCUT2D eigenvalue weighted by molar-refractivity contribution is 0.0468. The lowest BCUT2D eigenvalue weighted by Crippen LogP contribution is -2.38. The predicted octanol–water partition coefficient (Wildman–Crippen LogP) is 2.32. The smallest absolute Gasteiger partial charge is 0.244 e. The van der Waals surface area contributed by atoms with Crippen LogP contribution in [0.1, 0.15) is 63.7 Å². The van der Waals surface area contributed by atoms with Gasteiger partial charge in [-0.15, -0.1) is 0 Å². The van der Waals surface area contributed by atoms with Crippen LogP contribution >= 0.6 is 0 Å². The molecule has 1 fully saturated rings. The van der Waals surface area contributed by atoms with Crippen LogP contribution in [0.25, 0.3) is 0 Å². The molecule has 0 unspecified atom stereocenters. The first kappa shape index (κ1) is 18.0. The third-order valence-electron chi connectivity index (χ3n) is 4.70. The molecular formula is C17H28N6O2. The molecule has 0 amide bonds. The molecule has 3 heterocycles. The van der Waals surface area contributed by atoms with E-state index in [9.17, 15) is 0 Å². The molecule has 8 heteroatoms. The van der Waals surface area contributed by atoms with Crippen molar-refractivity contribution in [2.75, 3.05) is 13.2 Å². The molecule has 8 nitrogen and oxygen atoms in total. The largest absolute Gasteiger partial charge is 0.381 e. The van der Waals surface area contributed by atoms with E-state index in [1.807, 2.05) is 4.68 Å². The van der Waals surface area contributed by atoms with E-state index in [1.165, 1.54) is 0 Å². The first-order chi connectivity index (χ1) is 12.1. The summed E-state index contributed by atoms with van der Waals surface area (Å²) in [5.74, 6) is 2.17. The number of aryl methyl sites for hydroxylation is 1. The van der Waals surface area contributed by atoms with Crippen molar-refractivity contribution in [1.82, 2.24) is 30.2 Å². The second-order valence-electron chi connectivity index (χ2n) is 7.09. The minimum atomic E-state index is 0.0645. The van der Waals surface area contributed by atoms with Crippen molar-refractivity contribution in [3.05, 3.63) is 24.4 Å². The Morgan fingerprint density at radius 2 is 2.08 bits per heavy atom. The zero-order valence-corrected chi connectivity index (χ0v) is 15.3. The maximum atomic E-state index is 5.60. The summed E-state index contributed by atoms with van der Waals surface area (Å²) >= 11 is 0. The lowest BCUT2D eigenvalue weighted by Gasteiger charge is -2.30. The number of nitrogens with one attached hydrogen (secondary N) is 1. The summed E-state index contributed by atoms with van der Waals surface area (Å²) in [6.07, 6.45) is 6.28. The standard InChI is InChI=1S/C17H28N6O2/c1-12(2)16-21-17(25-22-16)15(14-5-8-24-9-6-14)20-13(3)4-7-23-11-18-10-19-23/h10-15,20H,4-9H2,1-3H3/t13-,15-/m1/s1. The van der Waals surface area contributed by atoms with Gasteiger partial charge >= 0.3 is 0 Å². The van der Waals surface area contributed by atoms with Gasteiger partial charge in [0.25, 0.3) is 0 Å². The second-order valence-corrected chi connectivity index (χ2v) is 7.09. The van der Waals surface area contributed by atoms with Crippen LogP contribution in [-0.2, 0) is 11.3 Å². The zero-order chi connectivity index (χ0) is 17.6. The van der Waals surface area contributed by atoms with Crippen molar-refractivity contribution in [3.8, 4) is 0 Å². The third-order valence-corrected chi connectivity index (χ3v) is 4.70. The molecule has 0 aliphatic carbocycles. The van der Waals surface area contributed by atoms with Crippen LogP contribution in [0.5, 0.6) is 0 Å². The van der Waals surface area contributed by atoms with Crippen molar-refractivity contribution >= 4 is 0 Å². The molecular weight excluding hydrogens is 320 g/mol. The van der Waals surface area contributed by atoms with E-state index in [1.54, 1.807) is 12.7 Å². The van der Waals surface area contributed by atoms with Gasteiger partial charge < -0.3 is 14.6 Å². The quantitative estimate of drug-likeness (QED) is 0.783. The van der Waals surface area contributed by atoms with Gasteiger partial charge in [0.1, 0.15) is 12.7 Å². The Morgan fingerprint density at radius 3 is 2.72 bits per heavy atom. The molecule has 1 aliphatic rings. The highest BCUT2D eigenvalue weighted by Crippen LogP contribution is 2.30. The van der Waals surface area contributed by atoms with Crippen molar-refractivity contribution in [3.63, 3.8) is 0 Å². The van der Waals surface area contributed by atoms with Crippen LogP contribution < -0.4 is 5.32 Å². The van der Waals surface area contributed by atoms with Crippen LogP contribution in [-0.4, -0.2) is 44.2 Å². The Bertz CT molecular complexity index is 621. The average molecular weight is 348 g/mol. The molecule has 3 rings (SSSR count). The fourth-order valence-corrected chi connectivity index (χ4v) is 3.13. The van der Waals surface area contributed by atoms with Crippen LogP contribution in [0.4, 0.5) is 0 Å². The van der Waals surface area contributed by atoms with Gasteiger partial charge in [-0.25, -0.2) is 4.98 Å². The number of hydrogen-bond donors (Lipinski definition) is 1. The summed E-state index contributed by atoms with van der Waals surface area (Å²) in [7, 11) is 0. The van der Waals surface area contributed by atoms with Gasteiger partial charge in [0, 0.05) is 31.7 Å². The van der Waals surface area contributed by atoms with E-state index >= 15 is 0 Å². The van der Waals surface area contributed by atoms with Crippen molar-refractivity contribution in [1.29, 1.82) is 0 Å². The summed E-state index contributed by atoms with van der Waals surface area (Å²) in [4.78, 5) is 8.63. The van der Waals surface area contributed by atoms with Crippen molar-refractivity contribution in [2.24, 2.45) is 5.92 Å². The number of nitrogens with zero attached hydrogens (tertiary/aromatic N) is 5. The maximum absolute atomic E-state index is 5.60. The summed E-state index contributed by atoms with van der Waals surface area (Å²) in [5, 5.41) is 12.0. The number of rotatable bonds is 8. The van der Waals surface area contributed by atoms with Gasteiger partial charge in [0.05, 0.1) is 6.04 Å². The molecule has 2 aromatic rings. The molecule has 2 atom stereocenters. The second kappa shape index (κ2) is 8.53. The molecule has 1 N–H and O–H groups in total. The Labute approximate surface area is 148 Å². The Kier molecular flexibility index (Phi) is 6.14. The predicted molar refractivity (Wildman–Crippen MR) is 91.9 cm³/mol. The Hall–Kier alpha value is -1.80. The van der Waals surface area contributed by atoms with E-state index in [2.05, 4.69) is 46.3 Å². The molecule has 138 valence electrons. The van der Waals surface area contributed by atoms with E-state index in [4.69, 9.17) is 9.26 Å². The van der Waals surface area contributed by atoms with Gasteiger partial charge in [0.15, 0.2) is 5.82 Å². The summed E-state index contributed by atoms with van der Waals surface area (Å²) < 4.78 is 13.0. The maximum Gasteiger partial charge on any atom is 0.244 e. The lowest BCUT2D eigenvalue weighted by atomic mass is 9.91.